The second kappa shape index (κ2) is 7.26. The van der Waals surface area contributed by atoms with Gasteiger partial charge in [-0.25, -0.2) is 4.79 Å². The van der Waals surface area contributed by atoms with E-state index in [4.69, 9.17) is 10.5 Å². The smallest absolute Gasteiger partial charge is 0.404 e. The number of hydrogen-bond acceptors (Lipinski definition) is 3. The first-order chi connectivity index (χ1) is 9.24. The van der Waals surface area contributed by atoms with Crippen molar-refractivity contribution in [3.8, 4) is 0 Å². The number of nitrogens with two attached hydrogens (primary N) is 1. The molecule has 1 amide bonds. The molecule has 0 heterocycles. The molecular weight excluding hydrogens is 369 g/mol. The van der Waals surface area contributed by atoms with Gasteiger partial charge in [0.2, 0.25) is 0 Å². The zero-order valence-corrected chi connectivity index (χ0v) is 14.3. The van der Waals surface area contributed by atoms with E-state index < -0.39 is 17.8 Å². The van der Waals surface area contributed by atoms with E-state index in [-0.39, 0.29) is 0 Å². The van der Waals surface area contributed by atoms with Crippen LogP contribution < -0.4 is 5.73 Å². The predicted molar refractivity (Wildman–Crippen MR) is 87.3 cm³/mol. The van der Waals surface area contributed by atoms with Gasteiger partial charge in [0.1, 0.15) is 6.10 Å². The molecule has 3 N–H and O–H groups in total. The summed E-state index contributed by atoms with van der Waals surface area (Å²) in [5.41, 5.74) is 4.88. The second-order valence-electron chi connectivity index (χ2n) is 5.56. The van der Waals surface area contributed by atoms with Gasteiger partial charge in [-0.15, -0.1) is 0 Å². The Morgan fingerprint density at radius 2 is 1.95 bits per heavy atom. The van der Waals surface area contributed by atoms with Crippen LogP contribution in [0.5, 0.6) is 0 Å². The highest BCUT2D eigenvalue weighted by molar-refractivity contribution is 14.1. The van der Waals surface area contributed by atoms with Crippen LogP contribution in [0.1, 0.15) is 39.2 Å². The molecule has 1 rings (SSSR count). The third-order valence-electron chi connectivity index (χ3n) is 3.06. The van der Waals surface area contributed by atoms with Crippen molar-refractivity contribution >= 4 is 28.7 Å². The molecule has 0 aromatic heterocycles. The summed E-state index contributed by atoms with van der Waals surface area (Å²) in [6, 6.07) is 7.72. The lowest BCUT2D eigenvalue weighted by atomic mass is 9.81. The maximum atomic E-state index is 11.1. The van der Waals surface area contributed by atoms with Crippen LogP contribution in [-0.4, -0.2) is 17.3 Å². The van der Waals surface area contributed by atoms with Crippen molar-refractivity contribution in [1.29, 1.82) is 0 Å². The quantitative estimate of drug-likeness (QED) is 0.731. The van der Waals surface area contributed by atoms with Gasteiger partial charge in [0, 0.05) is 9.99 Å². The molecule has 2 atom stereocenters. The van der Waals surface area contributed by atoms with Gasteiger partial charge in [-0.1, -0.05) is 32.0 Å². The molecule has 2 unspecified atom stereocenters. The molecule has 0 fully saturated rings. The highest BCUT2D eigenvalue weighted by Crippen LogP contribution is 2.36. The summed E-state index contributed by atoms with van der Waals surface area (Å²) in [5, 5.41) is 11.1. The number of amides is 1. The minimum atomic E-state index is -1.03. The summed E-state index contributed by atoms with van der Waals surface area (Å²) in [4.78, 5) is 10.8. The topological polar surface area (TPSA) is 72.6 Å². The number of ether oxygens (including phenoxy) is 1. The van der Waals surface area contributed by atoms with Gasteiger partial charge in [0.15, 0.2) is 0 Å². The van der Waals surface area contributed by atoms with Crippen molar-refractivity contribution in [2.75, 3.05) is 0 Å². The van der Waals surface area contributed by atoms with Crippen LogP contribution in [0.2, 0.25) is 0 Å². The van der Waals surface area contributed by atoms with Gasteiger partial charge in [-0.3, -0.25) is 0 Å². The molecule has 5 heteroatoms. The Morgan fingerprint density at radius 1 is 1.35 bits per heavy atom. The maximum Gasteiger partial charge on any atom is 0.404 e. The predicted octanol–water partition coefficient (Wildman–Crippen LogP) is 3.40. The van der Waals surface area contributed by atoms with Crippen molar-refractivity contribution in [2.45, 2.75) is 45.3 Å². The fourth-order valence-corrected chi connectivity index (χ4v) is 3.42. The minimum Gasteiger partial charge on any atom is -0.447 e. The van der Waals surface area contributed by atoms with Crippen LogP contribution in [0, 0.1) is 9.49 Å². The Bertz CT molecular complexity index is 464. The number of benzene rings is 1. The van der Waals surface area contributed by atoms with Crippen molar-refractivity contribution in [3.05, 3.63) is 33.4 Å². The first-order valence-corrected chi connectivity index (χ1v) is 7.76. The summed E-state index contributed by atoms with van der Waals surface area (Å²) in [7, 11) is 0. The van der Waals surface area contributed by atoms with E-state index >= 15 is 0 Å². The lowest BCUT2D eigenvalue weighted by Crippen LogP contribution is -2.34. The standard InChI is InChI=1S/C15H22INO3/c1-10(2)8-15(19,9-11(3)20-14(17)18)12-6-4-5-7-13(12)16/h4-7,10-11,19H,8-9H2,1-3H3,(H2,17,18). The number of halogens is 1. The zero-order chi connectivity index (χ0) is 15.3. The molecule has 0 saturated carbocycles. The average Bonchev–Trinajstić information content (AvgIpc) is 2.26. The third-order valence-corrected chi connectivity index (χ3v) is 4.00. The van der Waals surface area contributed by atoms with Crippen LogP contribution in [0.15, 0.2) is 24.3 Å². The van der Waals surface area contributed by atoms with Crippen LogP contribution in [-0.2, 0) is 10.3 Å². The summed E-state index contributed by atoms with van der Waals surface area (Å²) >= 11 is 2.21. The Balaban J connectivity index is 3.03. The van der Waals surface area contributed by atoms with Crippen LogP contribution in [0.3, 0.4) is 0 Å². The molecule has 0 bridgehead atoms. The van der Waals surface area contributed by atoms with Gasteiger partial charge in [0.25, 0.3) is 0 Å². The molecule has 0 radical (unpaired) electrons. The molecule has 1 aromatic rings. The molecule has 112 valence electrons. The Labute approximate surface area is 133 Å². The Hall–Kier alpha value is -0.820. The molecule has 0 spiro atoms. The summed E-state index contributed by atoms with van der Waals surface area (Å²) < 4.78 is 5.96. The fraction of sp³-hybridized carbons (Fsp3) is 0.533. The highest BCUT2D eigenvalue weighted by Gasteiger charge is 2.34. The first kappa shape index (κ1) is 17.2. The van der Waals surface area contributed by atoms with E-state index in [0.29, 0.717) is 18.8 Å². The normalized spacial score (nSPS) is 15.7. The van der Waals surface area contributed by atoms with Gasteiger partial charge < -0.3 is 15.6 Å². The Morgan fingerprint density at radius 3 is 2.45 bits per heavy atom. The zero-order valence-electron chi connectivity index (χ0n) is 12.1. The molecule has 20 heavy (non-hydrogen) atoms. The second-order valence-corrected chi connectivity index (χ2v) is 6.72. The molecule has 0 aliphatic rings. The summed E-state index contributed by atoms with van der Waals surface area (Å²) in [6.07, 6.45) is -0.326. The third kappa shape index (κ3) is 4.94. The number of hydrogen-bond donors (Lipinski definition) is 2. The minimum absolute atomic E-state index is 0.316. The van der Waals surface area contributed by atoms with Crippen molar-refractivity contribution in [3.63, 3.8) is 0 Å². The van der Waals surface area contributed by atoms with E-state index in [1.807, 2.05) is 24.3 Å². The molecular formula is C15H22INO3. The molecule has 4 nitrogen and oxygen atoms in total. The number of aliphatic hydroxyl groups is 1. The molecule has 0 aliphatic carbocycles. The van der Waals surface area contributed by atoms with E-state index in [9.17, 15) is 9.90 Å². The van der Waals surface area contributed by atoms with Crippen molar-refractivity contribution in [2.24, 2.45) is 11.7 Å². The monoisotopic (exact) mass is 391 g/mol. The van der Waals surface area contributed by atoms with Gasteiger partial charge in [-0.2, -0.15) is 0 Å². The maximum absolute atomic E-state index is 11.1. The van der Waals surface area contributed by atoms with Crippen LogP contribution >= 0.6 is 22.6 Å². The lowest BCUT2D eigenvalue weighted by molar-refractivity contribution is -0.0298. The number of carbonyl (C=O) groups is 1. The number of carbonyl (C=O) groups excluding carboxylic acids is 1. The molecule has 1 aromatic carbocycles. The van der Waals surface area contributed by atoms with E-state index in [0.717, 1.165) is 9.13 Å². The summed E-state index contributed by atoms with van der Waals surface area (Å²) in [5.74, 6) is 0.316. The van der Waals surface area contributed by atoms with Gasteiger partial charge in [-0.05, 0) is 53.5 Å². The summed E-state index contributed by atoms with van der Waals surface area (Å²) in [6.45, 7) is 5.85. The Kier molecular flexibility index (Phi) is 6.26. The number of rotatable bonds is 6. The van der Waals surface area contributed by atoms with Crippen LogP contribution in [0.4, 0.5) is 4.79 Å². The molecule has 0 aliphatic heterocycles. The number of primary amides is 1. The SMILES string of the molecule is CC(C)CC(O)(CC(C)OC(N)=O)c1ccccc1I. The lowest BCUT2D eigenvalue weighted by Gasteiger charge is -2.33. The highest BCUT2D eigenvalue weighted by atomic mass is 127. The van der Waals surface area contributed by atoms with E-state index in [2.05, 4.69) is 36.4 Å². The largest absolute Gasteiger partial charge is 0.447 e. The van der Waals surface area contributed by atoms with Crippen molar-refractivity contribution < 1.29 is 14.6 Å². The average molecular weight is 391 g/mol. The van der Waals surface area contributed by atoms with Gasteiger partial charge in [0.05, 0.1) is 5.60 Å². The fourth-order valence-electron chi connectivity index (χ4n) is 2.53. The van der Waals surface area contributed by atoms with E-state index in [1.165, 1.54) is 0 Å². The first-order valence-electron chi connectivity index (χ1n) is 6.68. The van der Waals surface area contributed by atoms with E-state index in [1.54, 1.807) is 6.92 Å². The van der Waals surface area contributed by atoms with Crippen LogP contribution in [0.25, 0.3) is 0 Å². The molecule has 0 saturated heterocycles. The van der Waals surface area contributed by atoms with Gasteiger partial charge >= 0.3 is 6.09 Å². The van der Waals surface area contributed by atoms with Crippen molar-refractivity contribution in [1.82, 2.24) is 0 Å².